The van der Waals surface area contributed by atoms with Crippen LogP contribution in [0.3, 0.4) is 0 Å². The molecule has 2 aromatic carbocycles. The quantitative estimate of drug-likeness (QED) is 0.386. The molecule has 0 spiro atoms. The molecule has 2 heterocycles. The molecule has 0 saturated carbocycles. The highest BCUT2D eigenvalue weighted by atomic mass is 16.5. The van der Waals surface area contributed by atoms with E-state index in [0.29, 0.717) is 51.6 Å². The molecule has 34 heavy (non-hydrogen) atoms. The number of nitrogens with zero attached hydrogens (tertiary/aromatic N) is 1. The Morgan fingerprint density at radius 2 is 1.85 bits per heavy atom. The molecule has 2 aromatic heterocycles. The SMILES string of the molecule is CCOc1ccc(C(C)=O)cc1-c1cc(NC(=O)c2ccco2)cc(-c2c(C)on(C)c2=O)c1. The lowest BCUT2D eigenvalue weighted by molar-refractivity contribution is 0.0993. The molecule has 1 amide bonds. The van der Waals surface area contributed by atoms with Gasteiger partial charge in [0.25, 0.3) is 11.5 Å². The Bertz CT molecular complexity index is 1430. The molecule has 4 rings (SSSR count). The highest BCUT2D eigenvalue weighted by molar-refractivity contribution is 6.03. The molecule has 0 atom stereocenters. The van der Waals surface area contributed by atoms with Crippen LogP contribution in [0.25, 0.3) is 22.3 Å². The maximum Gasteiger partial charge on any atom is 0.291 e. The third kappa shape index (κ3) is 4.43. The third-order valence-corrected chi connectivity index (χ3v) is 5.35. The number of furan rings is 1. The Labute approximate surface area is 195 Å². The van der Waals surface area contributed by atoms with E-state index in [1.807, 2.05) is 13.0 Å². The van der Waals surface area contributed by atoms with Crippen LogP contribution >= 0.6 is 0 Å². The minimum Gasteiger partial charge on any atom is -0.493 e. The van der Waals surface area contributed by atoms with Crippen LogP contribution in [-0.2, 0) is 7.05 Å². The van der Waals surface area contributed by atoms with Crippen LogP contribution in [0.1, 0.15) is 40.5 Å². The number of anilines is 1. The van der Waals surface area contributed by atoms with Gasteiger partial charge in [-0.2, -0.15) is 4.74 Å². The molecular formula is C26H24N2O6. The van der Waals surface area contributed by atoms with Crippen LogP contribution in [0.2, 0.25) is 0 Å². The molecule has 4 aromatic rings. The summed E-state index contributed by atoms with van der Waals surface area (Å²) in [5.74, 6) is 0.634. The van der Waals surface area contributed by atoms with Crippen LogP contribution in [0.5, 0.6) is 5.75 Å². The van der Waals surface area contributed by atoms with Crippen molar-refractivity contribution in [3.63, 3.8) is 0 Å². The van der Waals surface area contributed by atoms with E-state index in [0.717, 1.165) is 4.74 Å². The summed E-state index contributed by atoms with van der Waals surface area (Å²) in [6.45, 7) is 5.48. The van der Waals surface area contributed by atoms with Gasteiger partial charge in [-0.25, -0.2) is 0 Å². The summed E-state index contributed by atoms with van der Waals surface area (Å²) in [4.78, 5) is 37.5. The van der Waals surface area contributed by atoms with Crippen LogP contribution in [0.15, 0.2) is 68.5 Å². The van der Waals surface area contributed by atoms with Gasteiger partial charge in [0.1, 0.15) is 11.5 Å². The smallest absolute Gasteiger partial charge is 0.291 e. The summed E-state index contributed by atoms with van der Waals surface area (Å²) in [7, 11) is 1.53. The van der Waals surface area contributed by atoms with E-state index >= 15 is 0 Å². The average molecular weight is 460 g/mol. The number of amides is 1. The number of nitrogens with one attached hydrogen (secondary N) is 1. The Kier molecular flexibility index (Phi) is 6.23. The molecule has 1 N–H and O–H groups in total. The second-order valence-corrected chi connectivity index (χ2v) is 7.76. The van der Waals surface area contributed by atoms with Gasteiger partial charge >= 0.3 is 0 Å². The molecule has 0 aliphatic rings. The second-order valence-electron chi connectivity index (χ2n) is 7.76. The fraction of sp³-hybridized carbons (Fsp3) is 0.192. The van der Waals surface area contributed by atoms with Crippen molar-refractivity contribution in [2.24, 2.45) is 7.05 Å². The molecule has 0 fully saturated rings. The molecule has 0 unspecified atom stereocenters. The highest BCUT2D eigenvalue weighted by Crippen LogP contribution is 2.36. The zero-order chi connectivity index (χ0) is 24.4. The maximum absolute atomic E-state index is 12.8. The standard InChI is InChI=1S/C26H24N2O6/c1-5-32-22-9-8-17(15(2)29)14-21(22)18-11-19(24-16(3)34-28(4)26(24)31)13-20(12-18)27-25(30)23-7-6-10-33-23/h6-14H,5H2,1-4H3,(H,27,30). The molecule has 0 saturated heterocycles. The monoisotopic (exact) mass is 460 g/mol. The van der Waals surface area contributed by atoms with Gasteiger partial charge in [0, 0.05) is 23.9 Å². The number of rotatable bonds is 7. The number of hydrogen-bond donors (Lipinski definition) is 1. The van der Waals surface area contributed by atoms with E-state index < -0.39 is 5.91 Å². The lowest BCUT2D eigenvalue weighted by Gasteiger charge is -2.15. The zero-order valence-electron chi connectivity index (χ0n) is 19.3. The number of aromatic nitrogens is 1. The van der Waals surface area contributed by atoms with E-state index in [-0.39, 0.29) is 17.1 Å². The lowest BCUT2D eigenvalue weighted by Crippen LogP contribution is -2.13. The topological polar surface area (TPSA) is 104 Å². The summed E-state index contributed by atoms with van der Waals surface area (Å²) in [6, 6.07) is 13.6. The average Bonchev–Trinajstić information content (AvgIpc) is 3.42. The van der Waals surface area contributed by atoms with Gasteiger partial charge in [-0.15, -0.1) is 0 Å². The number of ether oxygens (including phenoxy) is 1. The molecule has 0 aliphatic heterocycles. The lowest BCUT2D eigenvalue weighted by atomic mass is 9.96. The highest BCUT2D eigenvalue weighted by Gasteiger charge is 2.19. The molecule has 0 bridgehead atoms. The molecule has 0 radical (unpaired) electrons. The van der Waals surface area contributed by atoms with Crippen molar-refractivity contribution >= 4 is 17.4 Å². The van der Waals surface area contributed by atoms with Gasteiger partial charge < -0.3 is 19.0 Å². The van der Waals surface area contributed by atoms with Crippen molar-refractivity contribution in [3.05, 3.63) is 82.2 Å². The van der Waals surface area contributed by atoms with E-state index in [9.17, 15) is 14.4 Å². The zero-order valence-corrected chi connectivity index (χ0v) is 19.3. The first-order valence-corrected chi connectivity index (χ1v) is 10.7. The largest absolute Gasteiger partial charge is 0.493 e. The predicted molar refractivity (Wildman–Crippen MR) is 127 cm³/mol. The Morgan fingerprint density at radius 3 is 2.47 bits per heavy atom. The number of benzene rings is 2. The van der Waals surface area contributed by atoms with Gasteiger partial charge in [0.05, 0.1) is 18.4 Å². The van der Waals surface area contributed by atoms with Gasteiger partial charge in [0.15, 0.2) is 11.5 Å². The molecule has 174 valence electrons. The first-order chi connectivity index (χ1) is 16.3. The molecular weight excluding hydrogens is 436 g/mol. The van der Waals surface area contributed by atoms with Crippen LogP contribution in [0, 0.1) is 6.92 Å². The van der Waals surface area contributed by atoms with Crippen LogP contribution < -0.4 is 15.6 Å². The number of hydrogen-bond acceptors (Lipinski definition) is 6. The number of carbonyl (C=O) groups excluding carboxylic acids is 2. The number of ketones is 1. The summed E-state index contributed by atoms with van der Waals surface area (Å²) in [5.41, 5.74) is 2.88. The van der Waals surface area contributed by atoms with E-state index in [2.05, 4.69) is 5.32 Å². The van der Waals surface area contributed by atoms with Gasteiger partial charge in [-0.3, -0.25) is 14.4 Å². The predicted octanol–water partition coefficient (Wildman–Crippen LogP) is 5.07. The van der Waals surface area contributed by atoms with E-state index in [1.54, 1.807) is 49.4 Å². The van der Waals surface area contributed by atoms with Crippen molar-refractivity contribution < 1.29 is 23.3 Å². The fourth-order valence-electron chi connectivity index (χ4n) is 3.78. The minimum atomic E-state index is -0.438. The number of aryl methyl sites for hydroxylation is 2. The first kappa shape index (κ1) is 22.8. The van der Waals surface area contributed by atoms with Crippen molar-refractivity contribution in [3.8, 4) is 28.0 Å². The Morgan fingerprint density at radius 1 is 1.09 bits per heavy atom. The van der Waals surface area contributed by atoms with Crippen molar-refractivity contribution in [2.45, 2.75) is 20.8 Å². The normalized spacial score (nSPS) is 10.8. The summed E-state index contributed by atoms with van der Waals surface area (Å²) in [5, 5.41) is 2.82. The first-order valence-electron chi connectivity index (χ1n) is 10.7. The Hall–Kier alpha value is -4.33. The summed E-state index contributed by atoms with van der Waals surface area (Å²) >= 11 is 0. The second kappa shape index (κ2) is 9.27. The molecule has 8 nitrogen and oxygen atoms in total. The number of Topliss-reactive ketones (excluding diaryl/α,β-unsaturated/α-hetero) is 1. The Balaban J connectivity index is 1.92. The van der Waals surface area contributed by atoms with Crippen molar-refractivity contribution in [1.82, 2.24) is 4.74 Å². The summed E-state index contributed by atoms with van der Waals surface area (Å²) in [6.07, 6.45) is 1.41. The van der Waals surface area contributed by atoms with Crippen molar-refractivity contribution in [2.75, 3.05) is 11.9 Å². The minimum absolute atomic E-state index is 0.0913. The van der Waals surface area contributed by atoms with Gasteiger partial charge in [-0.05, 0) is 80.4 Å². The maximum atomic E-state index is 12.8. The molecule has 8 heteroatoms. The third-order valence-electron chi connectivity index (χ3n) is 5.35. The van der Waals surface area contributed by atoms with Crippen molar-refractivity contribution in [1.29, 1.82) is 0 Å². The van der Waals surface area contributed by atoms with E-state index in [4.69, 9.17) is 13.7 Å². The van der Waals surface area contributed by atoms with E-state index in [1.165, 1.54) is 20.2 Å². The van der Waals surface area contributed by atoms with Crippen LogP contribution in [-0.4, -0.2) is 23.0 Å². The molecule has 0 aliphatic carbocycles. The summed E-state index contributed by atoms with van der Waals surface area (Å²) < 4.78 is 17.6. The number of carbonyl (C=O) groups is 2. The fourth-order valence-corrected chi connectivity index (χ4v) is 3.78. The van der Waals surface area contributed by atoms with Gasteiger partial charge in [0.2, 0.25) is 0 Å². The van der Waals surface area contributed by atoms with Crippen LogP contribution in [0.4, 0.5) is 5.69 Å². The van der Waals surface area contributed by atoms with Gasteiger partial charge in [-0.1, -0.05) is 0 Å².